The molecule has 3 rings (SSSR count). The molecule has 0 saturated heterocycles. The Morgan fingerprint density at radius 2 is 1.35 bits per heavy atom. The maximum Gasteiger partial charge on any atom is 0.252 e. The van der Waals surface area contributed by atoms with Crippen LogP contribution in [0.3, 0.4) is 0 Å². The van der Waals surface area contributed by atoms with Crippen LogP contribution in [0.5, 0.6) is 0 Å². The first-order valence-corrected chi connectivity index (χ1v) is 7.76. The lowest BCUT2D eigenvalue weighted by Gasteiger charge is -2.16. The van der Waals surface area contributed by atoms with Gasteiger partial charge in [0.05, 0.1) is 6.04 Å². The van der Waals surface area contributed by atoms with Crippen LogP contribution in [0.2, 0.25) is 0 Å². The molecule has 1 amide bonds. The van der Waals surface area contributed by atoms with Gasteiger partial charge in [-0.1, -0.05) is 78.9 Å². The molecule has 3 aromatic rings. The van der Waals surface area contributed by atoms with Crippen molar-refractivity contribution in [2.24, 2.45) is 0 Å². The van der Waals surface area contributed by atoms with E-state index in [2.05, 4.69) is 5.32 Å². The van der Waals surface area contributed by atoms with Crippen molar-refractivity contribution in [3.05, 3.63) is 96.1 Å². The third kappa shape index (κ3) is 3.49. The molecule has 0 aliphatic heterocycles. The van der Waals surface area contributed by atoms with Crippen molar-refractivity contribution in [2.45, 2.75) is 13.0 Å². The lowest BCUT2D eigenvalue weighted by Crippen LogP contribution is -2.27. The van der Waals surface area contributed by atoms with E-state index in [1.165, 1.54) is 0 Å². The Morgan fingerprint density at radius 3 is 2.04 bits per heavy atom. The molecule has 0 bridgehead atoms. The van der Waals surface area contributed by atoms with Gasteiger partial charge in [0.2, 0.25) is 0 Å². The molecule has 0 aliphatic rings. The zero-order valence-corrected chi connectivity index (χ0v) is 13.1. The molecule has 3 aromatic carbocycles. The lowest BCUT2D eigenvalue weighted by molar-refractivity contribution is 0.0940. The number of carbonyl (C=O) groups excluding carboxylic acids is 1. The molecule has 0 aliphatic carbocycles. The highest BCUT2D eigenvalue weighted by Crippen LogP contribution is 2.24. The van der Waals surface area contributed by atoms with Crippen molar-refractivity contribution >= 4 is 5.91 Å². The van der Waals surface area contributed by atoms with Crippen LogP contribution < -0.4 is 5.32 Å². The fourth-order valence-electron chi connectivity index (χ4n) is 2.65. The van der Waals surface area contributed by atoms with E-state index < -0.39 is 0 Å². The quantitative estimate of drug-likeness (QED) is 0.733. The zero-order valence-electron chi connectivity index (χ0n) is 13.1. The summed E-state index contributed by atoms with van der Waals surface area (Å²) in [6.45, 7) is 2.00. The van der Waals surface area contributed by atoms with Gasteiger partial charge >= 0.3 is 0 Å². The van der Waals surface area contributed by atoms with Crippen LogP contribution in [0.4, 0.5) is 0 Å². The first-order valence-electron chi connectivity index (χ1n) is 7.76. The van der Waals surface area contributed by atoms with Gasteiger partial charge in [0.15, 0.2) is 0 Å². The second kappa shape index (κ2) is 6.93. The fourth-order valence-corrected chi connectivity index (χ4v) is 2.65. The van der Waals surface area contributed by atoms with Crippen molar-refractivity contribution in [1.82, 2.24) is 5.32 Å². The van der Waals surface area contributed by atoms with Crippen LogP contribution in [0.1, 0.15) is 28.9 Å². The number of carbonyl (C=O) groups is 1. The van der Waals surface area contributed by atoms with Crippen LogP contribution in [-0.2, 0) is 0 Å². The number of hydrogen-bond acceptors (Lipinski definition) is 1. The molecule has 2 heteroatoms. The molecular weight excluding hydrogens is 282 g/mol. The highest BCUT2D eigenvalue weighted by molar-refractivity contribution is 6.01. The summed E-state index contributed by atoms with van der Waals surface area (Å²) in [5, 5.41) is 3.08. The molecular formula is C21H19NO. The fraction of sp³-hybridized carbons (Fsp3) is 0.0952. The summed E-state index contributed by atoms with van der Waals surface area (Å²) >= 11 is 0. The van der Waals surface area contributed by atoms with E-state index in [9.17, 15) is 4.79 Å². The Bertz CT molecular complexity index is 781. The van der Waals surface area contributed by atoms with E-state index in [0.29, 0.717) is 5.56 Å². The van der Waals surface area contributed by atoms with Gasteiger partial charge in [-0.3, -0.25) is 4.79 Å². The minimum atomic E-state index is -0.0548. The largest absolute Gasteiger partial charge is 0.345 e. The Morgan fingerprint density at radius 1 is 0.783 bits per heavy atom. The molecule has 0 heterocycles. The van der Waals surface area contributed by atoms with Crippen LogP contribution in [-0.4, -0.2) is 5.91 Å². The van der Waals surface area contributed by atoms with E-state index >= 15 is 0 Å². The molecule has 0 spiro atoms. The van der Waals surface area contributed by atoms with E-state index in [4.69, 9.17) is 0 Å². The zero-order chi connectivity index (χ0) is 16.1. The molecule has 2 nitrogen and oxygen atoms in total. The average Bonchev–Trinajstić information content (AvgIpc) is 2.63. The topological polar surface area (TPSA) is 29.1 Å². The summed E-state index contributed by atoms with van der Waals surface area (Å²) in [4.78, 5) is 12.7. The van der Waals surface area contributed by atoms with Gasteiger partial charge < -0.3 is 5.32 Å². The average molecular weight is 301 g/mol. The van der Waals surface area contributed by atoms with Crippen LogP contribution in [0.25, 0.3) is 11.1 Å². The summed E-state index contributed by atoms with van der Waals surface area (Å²) in [6, 6.07) is 27.6. The van der Waals surface area contributed by atoms with E-state index in [0.717, 1.165) is 16.7 Å². The Labute approximate surface area is 136 Å². The number of hydrogen-bond donors (Lipinski definition) is 1. The number of nitrogens with one attached hydrogen (secondary N) is 1. The standard InChI is InChI=1S/C21H19NO/c1-16(17-10-4-2-5-11-17)22-21(23)20-15-9-8-14-19(20)18-12-6-3-7-13-18/h2-16H,1H3,(H,22,23)/t16-/m1/s1. The van der Waals surface area contributed by atoms with Crippen LogP contribution >= 0.6 is 0 Å². The van der Waals surface area contributed by atoms with Gasteiger partial charge in [0, 0.05) is 5.56 Å². The van der Waals surface area contributed by atoms with E-state index in [1.54, 1.807) is 0 Å². The van der Waals surface area contributed by atoms with Crippen molar-refractivity contribution in [1.29, 1.82) is 0 Å². The molecule has 0 aromatic heterocycles. The highest BCUT2D eigenvalue weighted by atomic mass is 16.1. The van der Waals surface area contributed by atoms with Gasteiger partial charge in [0.1, 0.15) is 0 Å². The predicted octanol–water partition coefficient (Wildman–Crippen LogP) is 4.84. The molecule has 0 unspecified atom stereocenters. The summed E-state index contributed by atoms with van der Waals surface area (Å²) in [5.41, 5.74) is 3.79. The lowest BCUT2D eigenvalue weighted by atomic mass is 9.98. The number of rotatable bonds is 4. The molecule has 114 valence electrons. The Hall–Kier alpha value is -2.87. The van der Waals surface area contributed by atoms with Gasteiger partial charge in [-0.2, -0.15) is 0 Å². The van der Waals surface area contributed by atoms with Crippen LogP contribution in [0, 0.1) is 0 Å². The summed E-state index contributed by atoms with van der Waals surface area (Å²) in [7, 11) is 0. The van der Waals surface area contributed by atoms with E-state index in [-0.39, 0.29) is 11.9 Å². The SMILES string of the molecule is C[C@@H](NC(=O)c1ccccc1-c1ccccc1)c1ccccc1. The summed E-state index contributed by atoms with van der Waals surface area (Å²) in [6.07, 6.45) is 0. The molecule has 0 saturated carbocycles. The van der Waals surface area contributed by atoms with Crippen molar-refractivity contribution < 1.29 is 4.79 Å². The van der Waals surface area contributed by atoms with Crippen molar-refractivity contribution in [3.8, 4) is 11.1 Å². The van der Waals surface area contributed by atoms with Gasteiger partial charge in [-0.15, -0.1) is 0 Å². The number of amides is 1. The summed E-state index contributed by atoms with van der Waals surface area (Å²) in [5.74, 6) is -0.0548. The maximum absolute atomic E-state index is 12.7. The summed E-state index contributed by atoms with van der Waals surface area (Å²) < 4.78 is 0. The smallest absolute Gasteiger partial charge is 0.252 e. The van der Waals surface area contributed by atoms with Crippen molar-refractivity contribution in [2.75, 3.05) is 0 Å². The minimum absolute atomic E-state index is 0.0347. The number of benzene rings is 3. The molecule has 0 fully saturated rings. The third-order valence-electron chi connectivity index (χ3n) is 3.90. The molecule has 1 atom stereocenters. The van der Waals surface area contributed by atoms with Crippen LogP contribution in [0.15, 0.2) is 84.9 Å². The first kappa shape index (κ1) is 15.0. The second-order valence-electron chi connectivity index (χ2n) is 5.52. The maximum atomic E-state index is 12.7. The molecule has 0 radical (unpaired) electrons. The molecule has 1 N–H and O–H groups in total. The molecule has 23 heavy (non-hydrogen) atoms. The Kier molecular flexibility index (Phi) is 4.53. The minimum Gasteiger partial charge on any atom is -0.345 e. The van der Waals surface area contributed by atoms with Gasteiger partial charge in [0.25, 0.3) is 5.91 Å². The highest BCUT2D eigenvalue weighted by Gasteiger charge is 2.15. The third-order valence-corrected chi connectivity index (χ3v) is 3.90. The van der Waals surface area contributed by atoms with Gasteiger partial charge in [-0.05, 0) is 29.7 Å². The van der Waals surface area contributed by atoms with E-state index in [1.807, 2.05) is 91.9 Å². The van der Waals surface area contributed by atoms with Gasteiger partial charge in [-0.25, -0.2) is 0 Å². The predicted molar refractivity (Wildman–Crippen MR) is 94.2 cm³/mol. The monoisotopic (exact) mass is 301 g/mol. The first-order chi connectivity index (χ1) is 11.3. The normalized spacial score (nSPS) is 11.7. The second-order valence-corrected chi connectivity index (χ2v) is 5.52. The van der Waals surface area contributed by atoms with Crippen molar-refractivity contribution in [3.63, 3.8) is 0 Å². The Balaban J connectivity index is 1.86.